The van der Waals surface area contributed by atoms with Crippen molar-refractivity contribution in [3.8, 4) is 0 Å². The summed E-state index contributed by atoms with van der Waals surface area (Å²) in [4.78, 5) is 22.5. The maximum Gasteiger partial charge on any atom is 0.326 e. The number of carbonyl (C=O) groups excluding carboxylic acids is 1. The number of hydrogen-bond acceptors (Lipinski definition) is 7. The predicted molar refractivity (Wildman–Crippen MR) is 65.5 cm³/mol. The van der Waals surface area contributed by atoms with Crippen LogP contribution in [0.3, 0.4) is 0 Å². The summed E-state index contributed by atoms with van der Waals surface area (Å²) >= 11 is 0. The third kappa shape index (κ3) is 5.02. The van der Waals surface area contributed by atoms with Crippen LogP contribution in [0.2, 0.25) is 0 Å². The normalized spacial score (nSPS) is 19.0. The number of rotatable bonds is 8. The highest BCUT2D eigenvalue weighted by Crippen LogP contribution is 2.07. The number of carboxylic acid groups (broad SMARTS) is 1. The molecule has 0 aromatic carbocycles. The Bertz CT molecular complexity index is 334. The van der Waals surface area contributed by atoms with Crippen LogP contribution in [0, 0.1) is 5.92 Å². The lowest BCUT2D eigenvalue weighted by molar-refractivity contribution is -0.153. The summed E-state index contributed by atoms with van der Waals surface area (Å²) in [5.41, 5.74) is 0. The summed E-state index contributed by atoms with van der Waals surface area (Å²) in [6.07, 6.45) is -7.92. The van der Waals surface area contributed by atoms with Gasteiger partial charge in [0.2, 0.25) is 0 Å². The fourth-order valence-electron chi connectivity index (χ4n) is 1.43. The third-order valence-electron chi connectivity index (χ3n) is 2.75. The lowest BCUT2D eigenvalue weighted by Gasteiger charge is -2.26. The molecule has 9 nitrogen and oxygen atoms in total. The third-order valence-corrected chi connectivity index (χ3v) is 2.75. The van der Waals surface area contributed by atoms with Crippen LogP contribution in [0.5, 0.6) is 0 Å². The van der Waals surface area contributed by atoms with Crippen molar-refractivity contribution in [1.82, 2.24) is 5.32 Å². The summed E-state index contributed by atoms with van der Waals surface area (Å²) < 4.78 is 0. The lowest BCUT2D eigenvalue weighted by atomic mass is 10.0. The number of nitrogens with one attached hydrogen (secondary N) is 1. The van der Waals surface area contributed by atoms with E-state index in [0.29, 0.717) is 0 Å². The molecule has 118 valence electrons. The number of amides is 1. The molecular formula is C11H21NO8. The number of aliphatic hydroxyl groups excluding tert-OH is 5. The molecule has 20 heavy (non-hydrogen) atoms. The summed E-state index contributed by atoms with van der Waals surface area (Å²) in [6, 6.07) is -1.27. The van der Waals surface area contributed by atoms with Crippen molar-refractivity contribution in [2.75, 3.05) is 6.61 Å². The SMILES string of the molecule is CC(C)[C@H](NC(=O)C(O)C(O)C(O)C(O)CO)C(=O)O. The van der Waals surface area contributed by atoms with Crippen LogP contribution in [-0.4, -0.2) is 79.6 Å². The zero-order valence-electron chi connectivity index (χ0n) is 11.2. The van der Waals surface area contributed by atoms with E-state index in [1.807, 2.05) is 5.32 Å². The Hall–Kier alpha value is -1.26. The number of hydrogen-bond donors (Lipinski definition) is 7. The average molecular weight is 295 g/mol. The standard InChI is InChI=1S/C11H21NO8/c1-4(2)6(11(19)20)12-10(18)9(17)8(16)7(15)5(14)3-13/h4-9,13-17H,3H2,1-2H3,(H,12,18)(H,19,20)/t5?,6-,7?,8?,9?/m0/s1. The second kappa shape index (κ2) is 8.12. The first-order valence-corrected chi connectivity index (χ1v) is 5.99. The van der Waals surface area contributed by atoms with Gasteiger partial charge in [0.25, 0.3) is 5.91 Å². The Labute approximate surface area is 115 Å². The minimum atomic E-state index is -2.15. The first kappa shape index (κ1) is 18.7. The second-order valence-electron chi connectivity index (χ2n) is 4.74. The van der Waals surface area contributed by atoms with E-state index >= 15 is 0 Å². The number of aliphatic carboxylic acids is 1. The molecule has 0 heterocycles. The second-order valence-corrected chi connectivity index (χ2v) is 4.74. The van der Waals surface area contributed by atoms with E-state index < -0.39 is 54.9 Å². The van der Waals surface area contributed by atoms with Gasteiger partial charge >= 0.3 is 5.97 Å². The van der Waals surface area contributed by atoms with Crippen molar-refractivity contribution in [2.24, 2.45) is 5.92 Å². The van der Waals surface area contributed by atoms with E-state index in [9.17, 15) is 24.9 Å². The summed E-state index contributed by atoms with van der Waals surface area (Å²) in [6.45, 7) is 2.19. The Morgan fingerprint density at radius 3 is 1.90 bits per heavy atom. The van der Waals surface area contributed by atoms with Crippen LogP contribution >= 0.6 is 0 Å². The molecule has 0 aliphatic carbocycles. The highest BCUT2D eigenvalue weighted by molar-refractivity contribution is 5.86. The molecule has 0 saturated heterocycles. The molecule has 0 spiro atoms. The highest BCUT2D eigenvalue weighted by Gasteiger charge is 2.36. The predicted octanol–water partition coefficient (Wildman–Crippen LogP) is -3.35. The van der Waals surface area contributed by atoms with Gasteiger partial charge in [-0.15, -0.1) is 0 Å². The molecular weight excluding hydrogens is 274 g/mol. The minimum Gasteiger partial charge on any atom is -0.480 e. The molecule has 0 rings (SSSR count). The zero-order valence-corrected chi connectivity index (χ0v) is 11.2. The largest absolute Gasteiger partial charge is 0.480 e. The topological polar surface area (TPSA) is 168 Å². The zero-order chi connectivity index (χ0) is 16.0. The molecule has 0 fully saturated rings. The van der Waals surface area contributed by atoms with Gasteiger partial charge in [0.1, 0.15) is 24.4 Å². The van der Waals surface area contributed by atoms with Crippen molar-refractivity contribution in [3.05, 3.63) is 0 Å². The molecule has 0 radical (unpaired) electrons. The lowest BCUT2D eigenvalue weighted by Crippen LogP contribution is -2.55. The van der Waals surface area contributed by atoms with Crippen molar-refractivity contribution < 1.29 is 40.2 Å². The van der Waals surface area contributed by atoms with Crippen molar-refractivity contribution >= 4 is 11.9 Å². The van der Waals surface area contributed by atoms with Crippen molar-refractivity contribution in [3.63, 3.8) is 0 Å². The van der Waals surface area contributed by atoms with E-state index in [1.165, 1.54) is 13.8 Å². The Balaban J connectivity index is 4.72. The molecule has 5 atom stereocenters. The van der Waals surface area contributed by atoms with Crippen molar-refractivity contribution in [2.45, 2.75) is 44.3 Å². The summed E-state index contributed by atoms with van der Waals surface area (Å²) in [7, 11) is 0. The van der Waals surface area contributed by atoms with Crippen LogP contribution in [0.4, 0.5) is 0 Å². The molecule has 9 heteroatoms. The maximum absolute atomic E-state index is 11.6. The Morgan fingerprint density at radius 2 is 1.55 bits per heavy atom. The van der Waals surface area contributed by atoms with Crippen LogP contribution in [0.15, 0.2) is 0 Å². The van der Waals surface area contributed by atoms with E-state index in [1.54, 1.807) is 0 Å². The molecule has 1 amide bonds. The highest BCUT2D eigenvalue weighted by atomic mass is 16.4. The van der Waals surface area contributed by atoms with Crippen LogP contribution in [0.25, 0.3) is 0 Å². The van der Waals surface area contributed by atoms with Crippen LogP contribution < -0.4 is 5.32 Å². The van der Waals surface area contributed by atoms with E-state index in [4.69, 9.17) is 15.3 Å². The smallest absolute Gasteiger partial charge is 0.326 e. The molecule has 0 aromatic heterocycles. The Morgan fingerprint density at radius 1 is 1.05 bits per heavy atom. The van der Waals surface area contributed by atoms with E-state index in [0.717, 1.165) is 0 Å². The van der Waals surface area contributed by atoms with Gasteiger partial charge in [-0.25, -0.2) is 4.79 Å². The van der Waals surface area contributed by atoms with Gasteiger partial charge in [0.15, 0.2) is 6.10 Å². The first-order chi connectivity index (χ1) is 9.13. The molecule has 0 bridgehead atoms. The van der Waals surface area contributed by atoms with Gasteiger partial charge in [-0.1, -0.05) is 13.8 Å². The first-order valence-electron chi connectivity index (χ1n) is 5.99. The molecule has 0 aliphatic rings. The van der Waals surface area contributed by atoms with Gasteiger partial charge in [-0.3, -0.25) is 4.79 Å². The molecule has 0 saturated carbocycles. The fourth-order valence-corrected chi connectivity index (χ4v) is 1.43. The van der Waals surface area contributed by atoms with Gasteiger partial charge in [0, 0.05) is 0 Å². The van der Waals surface area contributed by atoms with Crippen LogP contribution in [0.1, 0.15) is 13.8 Å². The molecule has 0 aromatic rings. The van der Waals surface area contributed by atoms with Gasteiger partial charge in [-0.05, 0) is 5.92 Å². The molecule has 0 aliphatic heterocycles. The number of carboxylic acids is 1. The molecule has 7 N–H and O–H groups in total. The van der Waals surface area contributed by atoms with Crippen LogP contribution in [-0.2, 0) is 9.59 Å². The Kier molecular flexibility index (Phi) is 7.61. The number of aliphatic hydroxyl groups is 5. The van der Waals surface area contributed by atoms with Gasteiger partial charge in [0.05, 0.1) is 6.61 Å². The van der Waals surface area contributed by atoms with E-state index in [2.05, 4.69) is 0 Å². The van der Waals surface area contributed by atoms with Crippen molar-refractivity contribution in [1.29, 1.82) is 0 Å². The molecule has 4 unspecified atom stereocenters. The van der Waals surface area contributed by atoms with Gasteiger partial charge < -0.3 is 36.0 Å². The summed E-state index contributed by atoms with van der Waals surface area (Å²) in [5.74, 6) is -2.98. The van der Waals surface area contributed by atoms with E-state index in [-0.39, 0.29) is 0 Å². The average Bonchev–Trinajstić information content (AvgIpc) is 2.39. The maximum atomic E-state index is 11.6. The quantitative estimate of drug-likeness (QED) is 0.244. The summed E-state index contributed by atoms with van der Waals surface area (Å²) in [5, 5.41) is 56.9. The fraction of sp³-hybridized carbons (Fsp3) is 0.818. The van der Waals surface area contributed by atoms with Gasteiger partial charge in [-0.2, -0.15) is 0 Å². The minimum absolute atomic E-state index is 0.464. The monoisotopic (exact) mass is 295 g/mol. The number of carbonyl (C=O) groups is 2.